The summed E-state index contributed by atoms with van der Waals surface area (Å²) < 4.78 is 19.0. The average molecular weight is 435 g/mol. The lowest BCUT2D eigenvalue weighted by Crippen LogP contribution is -2.20. The molecule has 2 aromatic carbocycles. The number of benzene rings is 2. The van der Waals surface area contributed by atoms with Crippen LogP contribution in [0.4, 0.5) is 9.52 Å². The SMILES string of the molecule is N#Cc1ccc(CSc2nnc(NC(=O)COc3ccc(F)cc3Cl)s2)cc1. The van der Waals surface area contributed by atoms with Crippen LogP contribution in [0.15, 0.2) is 46.8 Å². The van der Waals surface area contributed by atoms with Gasteiger partial charge in [0.1, 0.15) is 11.6 Å². The van der Waals surface area contributed by atoms with Gasteiger partial charge in [0.25, 0.3) is 5.91 Å². The third-order valence-electron chi connectivity index (χ3n) is 3.35. The second-order valence-corrected chi connectivity index (χ2v) is 7.99. The molecular formula is C18H12ClFN4O2S2. The third-order valence-corrected chi connectivity index (χ3v) is 5.69. The first kappa shape index (κ1) is 20.1. The molecule has 1 N–H and O–H groups in total. The number of aromatic nitrogens is 2. The molecule has 28 heavy (non-hydrogen) atoms. The zero-order valence-electron chi connectivity index (χ0n) is 14.2. The van der Waals surface area contributed by atoms with Gasteiger partial charge in [0, 0.05) is 5.75 Å². The summed E-state index contributed by atoms with van der Waals surface area (Å²) in [6.45, 7) is -0.293. The molecule has 10 heteroatoms. The molecule has 142 valence electrons. The van der Waals surface area contributed by atoms with Crippen LogP contribution in [-0.4, -0.2) is 22.7 Å². The molecule has 1 heterocycles. The largest absolute Gasteiger partial charge is 0.482 e. The van der Waals surface area contributed by atoms with Gasteiger partial charge in [-0.2, -0.15) is 5.26 Å². The predicted octanol–water partition coefficient (Wildman–Crippen LogP) is 4.51. The second-order valence-electron chi connectivity index (χ2n) is 5.38. The van der Waals surface area contributed by atoms with Crippen molar-refractivity contribution in [2.24, 2.45) is 0 Å². The van der Waals surface area contributed by atoms with E-state index in [1.54, 1.807) is 12.1 Å². The van der Waals surface area contributed by atoms with Gasteiger partial charge in [-0.05, 0) is 35.9 Å². The van der Waals surface area contributed by atoms with Crippen molar-refractivity contribution < 1.29 is 13.9 Å². The molecule has 0 atom stereocenters. The van der Waals surface area contributed by atoms with Crippen LogP contribution in [0.25, 0.3) is 0 Å². The van der Waals surface area contributed by atoms with E-state index in [0.717, 1.165) is 11.6 Å². The minimum absolute atomic E-state index is 0.0882. The number of carbonyl (C=O) groups excluding carboxylic acids is 1. The maximum Gasteiger partial charge on any atom is 0.264 e. The third kappa shape index (κ3) is 5.66. The Bertz CT molecular complexity index is 1020. The Morgan fingerprint density at radius 2 is 2.07 bits per heavy atom. The zero-order valence-corrected chi connectivity index (χ0v) is 16.6. The summed E-state index contributed by atoms with van der Waals surface area (Å²) in [6.07, 6.45) is 0. The number of nitriles is 1. The van der Waals surface area contributed by atoms with E-state index in [1.165, 1.54) is 35.2 Å². The van der Waals surface area contributed by atoms with E-state index in [0.29, 0.717) is 20.8 Å². The minimum Gasteiger partial charge on any atom is -0.482 e. The fourth-order valence-corrected chi connectivity index (χ4v) is 3.98. The van der Waals surface area contributed by atoms with Crippen molar-refractivity contribution in [3.8, 4) is 11.8 Å². The predicted molar refractivity (Wildman–Crippen MR) is 106 cm³/mol. The molecule has 3 rings (SSSR count). The molecular weight excluding hydrogens is 423 g/mol. The Morgan fingerprint density at radius 1 is 1.29 bits per heavy atom. The number of hydrogen-bond donors (Lipinski definition) is 1. The fraction of sp³-hybridized carbons (Fsp3) is 0.111. The summed E-state index contributed by atoms with van der Waals surface area (Å²) in [5, 5.41) is 19.8. The molecule has 0 aliphatic carbocycles. The molecule has 3 aromatic rings. The van der Waals surface area contributed by atoms with Crippen molar-refractivity contribution in [2.45, 2.75) is 10.1 Å². The van der Waals surface area contributed by atoms with Crippen molar-refractivity contribution in [2.75, 3.05) is 11.9 Å². The lowest BCUT2D eigenvalue weighted by Gasteiger charge is -2.07. The summed E-state index contributed by atoms with van der Waals surface area (Å²) in [6, 6.07) is 13.0. The maximum atomic E-state index is 13.0. The standard InChI is InChI=1S/C18H12ClFN4O2S2/c19-14-7-13(20)5-6-15(14)26-9-16(25)22-17-23-24-18(28-17)27-10-12-3-1-11(8-21)2-4-12/h1-7H,9-10H2,(H,22,23,25). The summed E-state index contributed by atoms with van der Waals surface area (Å²) in [5.41, 5.74) is 1.66. The van der Waals surface area contributed by atoms with Gasteiger partial charge in [0.15, 0.2) is 10.9 Å². The van der Waals surface area contributed by atoms with Crippen LogP contribution in [0.2, 0.25) is 5.02 Å². The van der Waals surface area contributed by atoms with Crippen molar-refractivity contribution in [3.05, 3.63) is 64.4 Å². The number of thioether (sulfide) groups is 1. The molecule has 6 nitrogen and oxygen atoms in total. The molecule has 0 fully saturated rings. The number of ether oxygens (including phenoxy) is 1. The van der Waals surface area contributed by atoms with E-state index in [4.69, 9.17) is 21.6 Å². The summed E-state index contributed by atoms with van der Waals surface area (Å²) in [7, 11) is 0. The highest BCUT2D eigenvalue weighted by molar-refractivity contribution is 8.00. The zero-order chi connectivity index (χ0) is 19.9. The Balaban J connectivity index is 1.48. The lowest BCUT2D eigenvalue weighted by atomic mass is 10.2. The first-order valence-corrected chi connectivity index (χ1v) is 10.0. The summed E-state index contributed by atoms with van der Waals surface area (Å²) >= 11 is 8.56. The molecule has 1 aromatic heterocycles. The van der Waals surface area contributed by atoms with Gasteiger partial charge in [0.2, 0.25) is 5.13 Å². The molecule has 0 aliphatic heterocycles. The van der Waals surface area contributed by atoms with E-state index < -0.39 is 11.7 Å². The Labute approximate surface area is 173 Å². The van der Waals surface area contributed by atoms with Gasteiger partial charge in [-0.3, -0.25) is 10.1 Å². The average Bonchev–Trinajstić information content (AvgIpc) is 3.13. The van der Waals surface area contributed by atoms with Crippen molar-refractivity contribution in [1.82, 2.24) is 10.2 Å². The van der Waals surface area contributed by atoms with E-state index >= 15 is 0 Å². The number of rotatable bonds is 7. The molecule has 0 radical (unpaired) electrons. The second kappa shape index (κ2) is 9.50. The van der Waals surface area contributed by atoms with Crippen LogP contribution < -0.4 is 10.1 Å². The molecule has 0 spiro atoms. The highest BCUT2D eigenvalue weighted by atomic mass is 35.5. The smallest absolute Gasteiger partial charge is 0.264 e. The van der Waals surface area contributed by atoms with Gasteiger partial charge in [0.05, 0.1) is 16.7 Å². The summed E-state index contributed by atoms with van der Waals surface area (Å²) in [4.78, 5) is 12.0. The van der Waals surface area contributed by atoms with Gasteiger partial charge >= 0.3 is 0 Å². The van der Waals surface area contributed by atoms with Crippen LogP contribution in [-0.2, 0) is 10.5 Å². The number of carbonyl (C=O) groups is 1. The molecule has 0 saturated carbocycles. The quantitative estimate of drug-likeness (QED) is 0.434. The highest BCUT2D eigenvalue weighted by Gasteiger charge is 2.11. The first-order valence-electron chi connectivity index (χ1n) is 7.86. The number of anilines is 1. The molecule has 1 amide bonds. The maximum absolute atomic E-state index is 13.0. The van der Waals surface area contributed by atoms with Crippen molar-refractivity contribution in [1.29, 1.82) is 5.26 Å². The normalized spacial score (nSPS) is 10.3. The minimum atomic E-state index is -0.485. The van der Waals surface area contributed by atoms with E-state index in [9.17, 15) is 9.18 Å². The number of amides is 1. The van der Waals surface area contributed by atoms with Crippen molar-refractivity contribution >= 4 is 45.7 Å². The number of hydrogen-bond acceptors (Lipinski definition) is 7. The van der Waals surface area contributed by atoms with Crippen LogP contribution >= 0.6 is 34.7 Å². The van der Waals surface area contributed by atoms with Crippen molar-refractivity contribution in [3.63, 3.8) is 0 Å². The molecule has 0 unspecified atom stereocenters. The van der Waals surface area contributed by atoms with Gasteiger partial charge in [-0.1, -0.05) is 46.8 Å². The Kier molecular flexibility index (Phi) is 6.81. The van der Waals surface area contributed by atoms with E-state index in [1.807, 2.05) is 12.1 Å². The van der Waals surface area contributed by atoms with Crippen LogP contribution in [0.5, 0.6) is 5.75 Å². The van der Waals surface area contributed by atoms with E-state index in [2.05, 4.69) is 21.6 Å². The fourth-order valence-electron chi connectivity index (χ4n) is 2.03. The molecule has 0 bridgehead atoms. The van der Waals surface area contributed by atoms with Gasteiger partial charge in [-0.15, -0.1) is 10.2 Å². The van der Waals surface area contributed by atoms with Crippen LogP contribution in [0.3, 0.4) is 0 Å². The molecule has 0 aliphatic rings. The monoisotopic (exact) mass is 434 g/mol. The van der Waals surface area contributed by atoms with Gasteiger partial charge in [-0.25, -0.2) is 4.39 Å². The summed E-state index contributed by atoms with van der Waals surface area (Å²) in [5.74, 6) is -0.0310. The molecule has 0 saturated heterocycles. The van der Waals surface area contributed by atoms with Gasteiger partial charge < -0.3 is 4.74 Å². The first-order chi connectivity index (χ1) is 13.5. The number of halogens is 2. The number of nitrogens with one attached hydrogen (secondary N) is 1. The Morgan fingerprint density at radius 3 is 2.79 bits per heavy atom. The topological polar surface area (TPSA) is 87.9 Å². The van der Waals surface area contributed by atoms with Crippen LogP contribution in [0.1, 0.15) is 11.1 Å². The number of nitrogens with zero attached hydrogens (tertiary/aromatic N) is 3. The van der Waals surface area contributed by atoms with Crippen LogP contribution in [0, 0.1) is 17.1 Å². The van der Waals surface area contributed by atoms with E-state index in [-0.39, 0.29) is 17.4 Å². The lowest BCUT2D eigenvalue weighted by molar-refractivity contribution is -0.118. The highest BCUT2D eigenvalue weighted by Crippen LogP contribution is 2.28. The Hall–Kier alpha value is -2.67.